The summed E-state index contributed by atoms with van der Waals surface area (Å²) in [6.45, 7) is 9.78. The molecular weight excluding hydrogens is 398 g/mol. The number of hydrogen-bond donors (Lipinski definition) is 0. The van der Waals surface area contributed by atoms with Crippen molar-refractivity contribution >= 4 is 5.91 Å². The number of nitrogens with zero attached hydrogens (tertiary/aromatic N) is 5. The lowest BCUT2D eigenvalue weighted by Gasteiger charge is -2.44. The number of piperazine rings is 1. The second kappa shape index (κ2) is 9.28. The van der Waals surface area contributed by atoms with Gasteiger partial charge in [0.15, 0.2) is 0 Å². The predicted molar refractivity (Wildman–Crippen MR) is 126 cm³/mol. The molecule has 2 unspecified atom stereocenters. The van der Waals surface area contributed by atoms with Crippen molar-refractivity contribution in [2.75, 3.05) is 32.7 Å². The molecule has 6 heteroatoms. The van der Waals surface area contributed by atoms with Gasteiger partial charge in [-0.2, -0.15) is 0 Å². The molecule has 0 bridgehead atoms. The van der Waals surface area contributed by atoms with Crippen molar-refractivity contribution in [3.05, 3.63) is 48.0 Å². The Labute approximate surface area is 191 Å². The van der Waals surface area contributed by atoms with Gasteiger partial charge in [-0.25, -0.2) is 9.97 Å². The molecule has 6 nitrogen and oxygen atoms in total. The predicted octanol–water partition coefficient (Wildman–Crippen LogP) is 3.22. The summed E-state index contributed by atoms with van der Waals surface area (Å²) in [5.74, 6) is 1.08. The molecule has 2 aliphatic heterocycles. The summed E-state index contributed by atoms with van der Waals surface area (Å²) in [4.78, 5) is 28.5. The van der Waals surface area contributed by atoms with Crippen LogP contribution >= 0.6 is 0 Å². The van der Waals surface area contributed by atoms with Crippen molar-refractivity contribution in [3.8, 4) is 11.1 Å². The highest BCUT2D eigenvalue weighted by molar-refractivity contribution is 5.78. The van der Waals surface area contributed by atoms with E-state index in [2.05, 4.69) is 56.7 Å². The molecule has 1 aromatic carbocycles. The second-order valence-corrected chi connectivity index (χ2v) is 9.97. The molecule has 1 aliphatic carbocycles. The van der Waals surface area contributed by atoms with E-state index in [9.17, 15) is 4.79 Å². The Balaban J connectivity index is 1.17. The van der Waals surface area contributed by atoms with E-state index in [1.807, 2.05) is 12.4 Å². The number of hydrogen-bond acceptors (Lipinski definition) is 5. The summed E-state index contributed by atoms with van der Waals surface area (Å²) in [7, 11) is 0. The Morgan fingerprint density at radius 1 is 1.03 bits per heavy atom. The van der Waals surface area contributed by atoms with Crippen molar-refractivity contribution in [1.82, 2.24) is 24.7 Å². The number of amides is 1. The molecule has 2 aromatic rings. The maximum atomic E-state index is 13.1. The number of fused-ring (bicyclic) bond motifs is 1. The Bertz CT molecular complexity index is 948. The first-order chi connectivity index (χ1) is 15.6. The van der Waals surface area contributed by atoms with E-state index in [1.54, 1.807) is 6.33 Å². The Morgan fingerprint density at radius 3 is 2.62 bits per heavy atom. The third kappa shape index (κ3) is 4.44. The van der Waals surface area contributed by atoms with Crippen molar-refractivity contribution < 1.29 is 4.79 Å². The zero-order valence-corrected chi connectivity index (χ0v) is 19.4. The standard InChI is InChI=1S/C26H35N5O/c1-19-4-3-5-25(19)31-11-10-30(15-20(31)2)26(32)17-29-9-8-22-12-21(6-7-23(22)16-29)24-13-27-18-28-14-24/h6-7,12-14,18-20,25H,3-5,8-11,15-17H2,1-2H3/t19?,20-,25?/m0/s1. The van der Waals surface area contributed by atoms with Crippen LogP contribution in [0, 0.1) is 5.92 Å². The van der Waals surface area contributed by atoms with Gasteiger partial charge in [-0.15, -0.1) is 0 Å². The van der Waals surface area contributed by atoms with Crippen LogP contribution in [0.1, 0.15) is 44.2 Å². The first-order valence-corrected chi connectivity index (χ1v) is 12.2. The Hall–Kier alpha value is -2.31. The average Bonchev–Trinajstić information content (AvgIpc) is 3.24. The lowest BCUT2D eigenvalue weighted by atomic mass is 9.95. The van der Waals surface area contributed by atoms with E-state index in [0.29, 0.717) is 18.6 Å². The first-order valence-electron chi connectivity index (χ1n) is 12.2. The third-order valence-electron chi connectivity index (χ3n) is 7.82. The first kappa shape index (κ1) is 21.5. The van der Waals surface area contributed by atoms with E-state index in [0.717, 1.165) is 56.2 Å². The minimum absolute atomic E-state index is 0.289. The summed E-state index contributed by atoms with van der Waals surface area (Å²) < 4.78 is 0. The van der Waals surface area contributed by atoms with Gasteiger partial charge in [0.05, 0.1) is 6.54 Å². The lowest BCUT2D eigenvalue weighted by Crippen LogP contribution is -2.58. The quantitative estimate of drug-likeness (QED) is 0.741. The maximum Gasteiger partial charge on any atom is 0.236 e. The van der Waals surface area contributed by atoms with E-state index in [4.69, 9.17) is 0 Å². The van der Waals surface area contributed by atoms with Crippen LogP contribution in [0.25, 0.3) is 11.1 Å². The number of carbonyl (C=O) groups is 1. The van der Waals surface area contributed by atoms with Gasteiger partial charge in [0, 0.05) is 62.8 Å². The molecule has 0 spiro atoms. The summed E-state index contributed by atoms with van der Waals surface area (Å²) in [6, 6.07) is 7.79. The van der Waals surface area contributed by atoms with Crippen molar-refractivity contribution in [2.24, 2.45) is 5.92 Å². The molecule has 1 amide bonds. The second-order valence-electron chi connectivity index (χ2n) is 9.97. The van der Waals surface area contributed by atoms with Crippen LogP contribution in [0.3, 0.4) is 0 Å². The number of benzene rings is 1. The highest BCUT2D eigenvalue weighted by Gasteiger charge is 2.36. The van der Waals surface area contributed by atoms with Crippen LogP contribution in [0.5, 0.6) is 0 Å². The van der Waals surface area contributed by atoms with Gasteiger partial charge in [0.2, 0.25) is 5.91 Å². The summed E-state index contributed by atoms with van der Waals surface area (Å²) in [6.07, 6.45) is 10.3. The smallest absolute Gasteiger partial charge is 0.236 e. The van der Waals surface area contributed by atoms with Gasteiger partial charge in [0.1, 0.15) is 6.33 Å². The molecule has 1 saturated heterocycles. The van der Waals surface area contributed by atoms with Crippen molar-refractivity contribution in [2.45, 2.75) is 58.2 Å². The zero-order chi connectivity index (χ0) is 22.1. The fraction of sp³-hybridized carbons (Fsp3) is 0.577. The molecule has 5 rings (SSSR count). The van der Waals surface area contributed by atoms with Crippen LogP contribution in [0.15, 0.2) is 36.9 Å². The van der Waals surface area contributed by atoms with Crippen LogP contribution in [0.2, 0.25) is 0 Å². The average molecular weight is 434 g/mol. The molecule has 170 valence electrons. The van der Waals surface area contributed by atoms with E-state index >= 15 is 0 Å². The minimum atomic E-state index is 0.289. The van der Waals surface area contributed by atoms with Crippen LogP contribution in [-0.2, 0) is 17.8 Å². The normalized spacial score (nSPS) is 26.8. The molecule has 0 N–H and O–H groups in total. The van der Waals surface area contributed by atoms with E-state index in [-0.39, 0.29) is 5.91 Å². The topological polar surface area (TPSA) is 52.6 Å². The lowest BCUT2D eigenvalue weighted by molar-refractivity contribution is -0.136. The Kier molecular flexibility index (Phi) is 6.24. The molecule has 1 aromatic heterocycles. The SMILES string of the molecule is CC1CCCC1N1CCN(C(=O)CN2CCc3cc(-c4cncnc4)ccc3C2)C[C@@H]1C. The van der Waals surface area contributed by atoms with Crippen LogP contribution in [0.4, 0.5) is 0 Å². The van der Waals surface area contributed by atoms with Gasteiger partial charge >= 0.3 is 0 Å². The third-order valence-corrected chi connectivity index (χ3v) is 7.82. The van der Waals surface area contributed by atoms with Crippen LogP contribution in [-0.4, -0.2) is 75.4 Å². The van der Waals surface area contributed by atoms with Gasteiger partial charge in [-0.05, 0) is 48.8 Å². The van der Waals surface area contributed by atoms with Gasteiger partial charge in [-0.3, -0.25) is 14.6 Å². The minimum Gasteiger partial charge on any atom is -0.339 e. The highest BCUT2D eigenvalue weighted by Crippen LogP contribution is 2.32. The van der Waals surface area contributed by atoms with Crippen LogP contribution < -0.4 is 0 Å². The number of carbonyl (C=O) groups excluding carboxylic acids is 1. The van der Waals surface area contributed by atoms with Crippen molar-refractivity contribution in [3.63, 3.8) is 0 Å². The number of aromatic nitrogens is 2. The molecule has 3 aliphatic rings. The molecule has 3 atom stereocenters. The largest absolute Gasteiger partial charge is 0.339 e. The molecular formula is C26H35N5O. The molecule has 0 radical (unpaired) electrons. The summed E-state index contributed by atoms with van der Waals surface area (Å²) in [5, 5.41) is 0. The zero-order valence-electron chi connectivity index (χ0n) is 19.4. The molecule has 3 heterocycles. The highest BCUT2D eigenvalue weighted by atomic mass is 16.2. The fourth-order valence-corrected chi connectivity index (χ4v) is 5.97. The fourth-order valence-electron chi connectivity index (χ4n) is 5.97. The van der Waals surface area contributed by atoms with Crippen molar-refractivity contribution in [1.29, 1.82) is 0 Å². The molecule has 1 saturated carbocycles. The summed E-state index contributed by atoms with van der Waals surface area (Å²) >= 11 is 0. The van der Waals surface area contributed by atoms with Gasteiger partial charge < -0.3 is 4.90 Å². The summed E-state index contributed by atoms with van der Waals surface area (Å²) in [5.41, 5.74) is 4.92. The molecule has 32 heavy (non-hydrogen) atoms. The van der Waals surface area contributed by atoms with Gasteiger partial charge in [0.25, 0.3) is 0 Å². The number of rotatable bonds is 4. The Morgan fingerprint density at radius 2 is 1.88 bits per heavy atom. The maximum absolute atomic E-state index is 13.1. The molecule has 2 fully saturated rings. The van der Waals surface area contributed by atoms with Gasteiger partial charge in [-0.1, -0.05) is 31.5 Å². The monoisotopic (exact) mass is 433 g/mol. The van der Waals surface area contributed by atoms with E-state index < -0.39 is 0 Å². The van der Waals surface area contributed by atoms with E-state index in [1.165, 1.54) is 30.4 Å².